The Bertz CT molecular complexity index is 676. The number of aryl methyl sites for hydroxylation is 1. The first-order valence-electron chi connectivity index (χ1n) is 7.30. The van der Waals surface area contributed by atoms with E-state index < -0.39 is 0 Å². The average Bonchev–Trinajstić information content (AvgIpc) is 2.60. The number of methoxy groups -OCH3 is 1. The lowest BCUT2D eigenvalue weighted by Gasteiger charge is -2.25. The Kier molecular flexibility index (Phi) is 4.11. The van der Waals surface area contributed by atoms with Gasteiger partial charge >= 0.3 is 5.97 Å². The van der Waals surface area contributed by atoms with Crippen LogP contribution < -0.4 is 4.74 Å². The van der Waals surface area contributed by atoms with Crippen molar-refractivity contribution in [3.8, 4) is 16.9 Å². The summed E-state index contributed by atoms with van der Waals surface area (Å²) in [4.78, 5) is 11.5. The van der Waals surface area contributed by atoms with Crippen LogP contribution in [0.25, 0.3) is 11.1 Å². The van der Waals surface area contributed by atoms with Crippen molar-refractivity contribution in [3.05, 3.63) is 53.6 Å². The summed E-state index contributed by atoms with van der Waals surface area (Å²) in [6.07, 6.45) is 1.63. The molecule has 0 amide bonds. The topological polar surface area (TPSA) is 55.8 Å². The monoisotopic (exact) mass is 298 g/mol. The van der Waals surface area contributed by atoms with Gasteiger partial charge in [-0.25, -0.2) is 4.79 Å². The molecule has 0 fully saturated rings. The maximum atomic E-state index is 11.5. The second-order valence-corrected chi connectivity index (χ2v) is 5.35. The third-order valence-corrected chi connectivity index (χ3v) is 3.93. The van der Waals surface area contributed by atoms with Crippen LogP contribution in [0.2, 0.25) is 0 Å². The maximum absolute atomic E-state index is 11.5. The van der Waals surface area contributed by atoms with E-state index in [9.17, 15) is 9.90 Å². The van der Waals surface area contributed by atoms with Crippen molar-refractivity contribution in [3.63, 3.8) is 0 Å². The Morgan fingerprint density at radius 2 is 1.95 bits per heavy atom. The van der Waals surface area contributed by atoms with Crippen LogP contribution in [0.5, 0.6) is 5.75 Å². The van der Waals surface area contributed by atoms with Gasteiger partial charge in [0.2, 0.25) is 0 Å². The number of benzene rings is 2. The first kappa shape index (κ1) is 14.6. The summed E-state index contributed by atoms with van der Waals surface area (Å²) in [6, 6.07) is 13.4. The Hall–Kier alpha value is -2.33. The van der Waals surface area contributed by atoms with Crippen molar-refractivity contribution in [2.45, 2.75) is 18.9 Å². The molecule has 3 rings (SSSR count). The molecule has 22 heavy (non-hydrogen) atoms. The molecule has 0 saturated heterocycles. The molecule has 0 aromatic heterocycles. The normalized spacial score (nSPS) is 16.5. The summed E-state index contributed by atoms with van der Waals surface area (Å²) in [5.74, 6) is 0.515. The third-order valence-electron chi connectivity index (χ3n) is 3.93. The molecule has 4 nitrogen and oxygen atoms in total. The van der Waals surface area contributed by atoms with Gasteiger partial charge in [-0.3, -0.25) is 0 Å². The van der Waals surface area contributed by atoms with Gasteiger partial charge in [-0.05, 0) is 53.8 Å². The van der Waals surface area contributed by atoms with Crippen LogP contribution in [0.4, 0.5) is 0 Å². The fraction of sp³-hybridized carbons (Fsp3) is 0.278. The highest BCUT2D eigenvalue weighted by Crippen LogP contribution is 2.32. The zero-order chi connectivity index (χ0) is 15.5. The summed E-state index contributed by atoms with van der Waals surface area (Å²) in [5.41, 5.74) is 3.82. The highest BCUT2D eigenvalue weighted by Gasteiger charge is 2.19. The molecule has 1 N–H and O–H groups in total. The number of fused-ring (bicyclic) bond motifs is 1. The number of carbonyl (C=O) groups excluding carboxylic acids is 1. The number of carbonyl (C=O) groups is 1. The average molecular weight is 298 g/mol. The molecule has 0 radical (unpaired) electrons. The molecule has 1 heterocycles. The molecule has 1 unspecified atom stereocenters. The van der Waals surface area contributed by atoms with Crippen molar-refractivity contribution in [1.82, 2.24) is 0 Å². The van der Waals surface area contributed by atoms with Crippen LogP contribution in [0.1, 0.15) is 22.3 Å². The lowest BCUT2D eigenvalue weighted by atomic mass is 9.96. The van der Waals surface area contributed by atoms with Gasteiger partial charge in [0.05, 0.1) is 19.3 Å². The highest BCUT2D eigenvalue weighted by molar-refractivity contribution is 5.90. The minimum Gasteiger partial charge on any atom is -0.488 e. The zero-order valence-electron chi connectivity index (χ0n) is 12.4. The Labute approximate surface area is 129 Å². The minimum atomic E-state index is -0.333. The van der Waals surface area contributed by atoms with Gasteiger partial charge < -0.3 is 14.6 Å². The number of ether oxygens (including phenoxy) is 2. The van der Waals surface area contributed by atoms with Crippen LogP contribution in [0.3, 0.4) is 0 Å². The van der Waals surface area contributed by atoms with Crippen molar-refractivity contribution in [1.29, 1.82) is 0 Å². The van der Waals surface area contributed by atoms with Crippen LogP contribution >= 0.6 is 0 Å². The molecule has 0 bridgehead atoms. The second-order valence-electron chi connectivity index (χ2n) is 5.35. The zero-order valence-corrected chi connectivity index (χ0v) is 12.4. The Balaban J connectivity index is 1.85. The van der Waals surface area contributed by atoms with Crippen molar-refractivity contribution in [2.75, 3.05) is 13.7 Å². The summed E-state index contributed by atoms with van der Waals surface area (Å²) in [5, 5.41) is 9.18. The van der Waals surface area contributed by atoms with E-state index in [1.807, 2.05) is 24.3 Å². The fourth-order valence-electron chi connectivity index (χ4n) is 2.67. The summed E-state index contributed by atoms with van der Waals surface area (Å²) >= 11 is 0. The van der Waals surface area contributed by atoms with E-state index >= 15 is 0 Å². The molecule has 1 atom stereocenters. The standard InChI is InChI=1S/C18H18O4/c1-21-18(20)13-4-2-12(3-5-13)14-7-9-17-15(10-14)6-8-16(11-19)22-17/h2-5,7,9-10,16,19H,6,8,11H2,1H3. The van der Waals surface area contributed by atoms with Crippen molar-refractivity contribution in [2.24, 2.45) is 0 Å². The van der Waals surface area contributed by atoms with Crippen molar-refractivity contribution >= 4 is 5.97 Å². The van der Waals surface area contributed by atoms with Crippen molar-refractivity contribution < 1.29 is 19.4 Å². The molecule has 1 aliphatic rings. The van der Waals surface area contributed by atoms with Gasteiger partial charge in [0.1, 0.15) is 11.9 Å². The molecule has 2 aromatic rings. The van der Waals surface area contributed by atoms with Gasteiger partial charge in [0.15, 0.2) is 0 Å². The minimum absolute atomic E-state index is 0.0518. The molecule has 2 aromatic carbocycles. The van der Waals surface area contributed by atoms with E-state index in [1.54, 1.807) is 12.1 Å². The lowest BCUT2D eigenvalue weighted by Crippen LogP contribution is -2.26. The molecule has 0 saturated carbocycles. The summed E-state index contributed by atoms with van der Waals surface area (Å²) < 4.78 is 10.4. The molecule has 4 heteroatoms. The smallest absolute Gasteiger partial charge is 0.337 e. The van der Waals surface area contributed by atoms with Gasteiger partial charge in [0, 0.05) is 0 Å². The van der Waals surface area contributed by atoms with Gasteiger partial charge in [0.25, 0.3) is 0 Å². The van der Waals surface area contributed by atoms with Crippen LogP contribution in [0, 0.1) is 0 Å². The summed E-state index contributed by atoms with van der Waals surface area (Å²) in [7, 11) is 1.37. The molecular weight excluding hydrogens is 280 g/mol. The van der Waals surface area contributed by atoms with Gasteiger partial charge in [-0.15, -0.1) is 0 Å². The molecule has 0 aliphatic carbocycles. The number of hydrogen-bond donors (Lipinski definition) is 1. The fourth-order valence-corrected chi connectivity index (χ4v) is 2.67. The number of aliphatic hydroxyl groups is 1. The largest absolute Gasteiger partial charge is 0.488 e. The van der Waals surface area contributed by atoms with E-state index in [0.717, 1.165) is 35.3 Å². The molecule has 1 aliphatic heterocycles. The summed E-state index contributed by atoms with van der Waals surface area (Å²) in [6.45, 7) is 0.0518. The number of esters is 1. The van der Waals surface area contributed by atoms with E-state index in [1.165, 1.54) is 7.11 Å². The number of rotatable bonds is 3. The predicted octanol–water partition coefficient (Wildman–Crippen LogP) is 2.83. The first-order valence-corrected chi connectivity index (χ1v) is 7.30. The van der Waals surface area contributed by atoms with Gasteiger partial charge in [-0.1, -0.05) is 18.2 Å². The van der Waals surface area contributed by atoms with E-state index in [0.29, 0.717) is 5.56 Å². The Morgan fingerprint density at radius 1 is 1.23 bits per heavy atom. The predicted molar refractivity (Wildman–Crippen MR) is 83.0 cm³/mol. The molecular formula is C18H18O4. The SMILES string of the molecule is COC(=O)c1ccc(-c2ccc3c(c2)CCC(CO)O3)cc1. The highest BCUT2D eigenvalue weighted by atomic mass is 16.5. The van der Waals surface area contributed by atoms with Crippen LogP contribution in [-0.2, 0) is 11.2 Å². The van der Waals surface area contributed by atoms with Crippen LogP contribution in [0.15, 0.2) is 42.5 Å². The number of hydrogen-bond acceptors (Lipinski definition) is 4. The number of aliphatic hydroxyl groups excluding tert-OH is 1. The maximum Gasteiger partial charge on any atom is 0.337 e. The van der Waals surface area contributed by atoms with E-state index in [2.05, 4.69) is 6.07 Å². The molecule has 0 spiro atoms. The lowest BCUT2D eigenvalue weighted by molar-refractivity contribution is 0.0601. The molecule has 114 valence electrons. The second kappa shape index (κ2) is 6.20. The quantitative estimate of drug-likeness (QED) is 0.885. The van der Waals surface area contributed by atoms with Gasteiger partial charge in [-0.2, -0.15) is 0 Å². The third kappa shape index (κ3) is 2.83. The van der Waals surface area contributed by atoms with E-state index in [4.69, 9.17) is 9.47 Å². The Morgan fingerprint density at radius 3 is 2.64 bits per heavy atom. The van der Waals surface area contributed by atoms with Crippen LogP contribution in [-0.4, -0.2) is 30.9 Å². The first-order chi connectivity index (χ1) is 10.7. The van der Waals surface area contributed by atoms with E-state index in [-0.39, 0.29) is 18.7 Å².